The molecule has 3 rings (SSSR count). The van der Waals surface area contributed by atoms with Gasteiger partial charge in [-0.2, -0.15) is 0 Å². The number of hydrogen-bond donors (Lipinski definition) is 1. The fourth-order valence-electron chi connectivity index (χ4n) is 2.66. The smallest absolute Gasteiger partial charge is 0.266 e. The van der Waals surface area contributed by atoms with Crippen molar-refractivity contribution in [3.05, 3.63) is 62.7 Å². The first kappa shape index (κ1) is 19.5. The first-order valence-corrected chi connectivity index (χ1v) is 9.84. The van der Waals surface area contributed by atoms with Gasteiger partial charge in [-0.3, -0.25) is 9.59 Å². The molecule has 2 aromatic heterocycles. The average molecular weight is 424 g/mol. The zero-order valence-corrected chi connectivity index (χ0v) is 16.8. The lowest BCUT2D eigenvalue weighted by Crippen LogP contribution is -2.39. The Kier molecular flexibility index (Phi) is 5.59. The van der Waals surface area contributed by atoms with Crippen LogP contribution >= 0.6 is 34.3 Å². The SMILES string of the molecule is Cc1nc(-c2ccc(Cl)s2)sc1C(=O)N(C)C(C(N)=O)c1cccc(F)c1. The number of amides is 2. The van der Waals surface area contributed by atoms with Crippen molar-refractivity contribution < 1.29 is 14.0 Å². The fraction of sp³-hybridized carbons (Fsp3) is 0.167. The second kappa shape index (κ2) is 7.75. The molecule has 2 N–H and O–H groups in total. The van der Waals surface area contributed by atoms with E-state index in [0.717, 1.165) is 4.88 Å². The number of hydrogen-bond acceptors (Lipinski definition) is 5. The van der Waals surface area contributed by atoms with Crippen LogP contribution in [-0.2, 0) is 4.79 Å². The van der Waals surface area contributed by atoms with Crippen molar-refractivity contribution in [2.24, 2.45) is 5.73 Å². The molecule has 3 aromatic rings. The molecular formula is C18H15ClFN3O2S2. The molecule has 0 saturated carbocycles. The van der Waals surface area contributed by atoms with Gasteiger partial charge in [0.15, 0.2) is 0 Å². The maximum Gasteiger partial charge on any atom is 0.266 e. The summed E-state index contributed by atoms with van der Waals surface area (Å²) in [7, 11) is 1.46. The summed E-state index contributed by atoms with van der Waals surface area (Å²) < 4.78 is 14.2. The van der Waals surface area contributed by atoms with Gasteiger partial charge >= 0.3 is 0 Å². The summed E-state index contributed by atoms with van der Waals surface area (Å²) in [4.78, 5) is 31.9. The van der Waals surface area contributed by atoms with Crippen LogP contribution in [0.5, 0.6) is 0 Å². The predicted octanol–water partition coefficient (Wildman–Crippen LogP) is 4.27. The van der Waals surface area contributed by atoms with Gasteiger partial charge in [0.25, 0.3) is 5.91 Å². The van der Waals surface area contributed by atoms with E-state index in [0.29, 0.717) is 25.5 Å². The van der Waals surface area contributed by atoms with E-state index in [2.05, 4.69) is 4.98 Å². The van der Waals surface area contributed by atoms with Crippen molar-refractivity contribution in [3.8, 4) is 9.88 Å². The third-order valence-electron chi connectivity index (χ3n) is 3.92. The Morgan fingerprint density at radius 2 is 2.00 bits per heavy atom. The zero-order chi connectivity index (χ0) is 19.7. The molecule has 0 fully saturated rings. The number of halogens is 2. The highest BCUT2D eigenvalue weighted by Crippen LogP contribution is 2.36. The molecule has 9 heteroatoms. The zero-order valence-electron chi connectivity index (χ0n) is 14.4. The molecular weight excluding hydrogens is 409 g/mol. The van der Waals surface area contributed by atoms with Crippen molar-refractivity contribution in [1.82, 2.24) is 9.88 Å². The number of nitrogens with zero attached hydrogens (tertiary/aromatic N) is 2. The highest BCUT2D eigenvalue weighted by Gasteiger charge is 2.30. The largest absolute Gasteiger partial charge is 0.368 e. The third kappa shape index (κ3) is 4.02. The normalized spacial score (nSPS) is 12.0. The molecule has 2 amide bonds. The van der Waals surface area contributed by atoms with Gasteiger partial charge in [-0.05, 0) is 36.8 Å². The molecule has 2 heterocycles. The lowest BCUT2D eigenvalue weighted by atomic mass is 10.0. The van der Waals surface area contributed by atoms with E-state index in [4.69, 9.17) is 17.3 Å². The van der Waals surface area contributed by atoms with E-state index in [1.165, 1.54) is 52.8 Å². The summed E-state index contributed by atoms with van der Waals surface area (Å²) in [6.07, 6.45) is 0. The van der Waals surface area contributed by atoms with Crippen LogP contribution in [-0.4, -0.2) is 28.7 Å². The first-order chi connectivity index (χ1) is 12.8. The molecule has 0 aliphatic carbocycles. The maximum absolute atomic E-state index is 13.6. The minimum Gasteiger partial charge on any atom is -0.368 e. The minimum absolute atomic E-state index is 0.311. The molecule has 0 aliphatic heterocycles. The monoisotopic (exact) mass is 423 g/mol. The Balaban J connectivity index is 1.94. The summed E-state index contributed by atoms with van der Waals surface area (Å²) >= 11 is 8.54. The number of thiazole rings is 1. The summed E-state index contributed by atoms with van der Waals surface area (Å²) in [5.74, 6) is -1.67. The van der Waals surface area contributed by atoms with E-state index < -0.39 is 23.7 Å². The van der Waals surface area contributed by atoms with Crippen LogP contribution < -0.4 is 5.73 Å². The Labute approximate surface area is 168 Å². The molecule has 140 valence electrons. The molecule has 5 nitrogen and oxygen atoms in total. The maximum atomic E-state index is 13.6. The lowest BCUT2D eigenvalue weighted by molar-refractivity contribution is -0.122. The van der Waals surface area contributed by atoms with Crippen LogP contribution in [0.4, 0.5) is 4.39 Å². The first-order valence-electron chi connectivity index (χ1n) is 7.83. The lowest BCUT2D eigenvalue weighted by Gasteiger charge is -2.25. The predicted molar refractivity (Wildman–Crippen MR) is 106 cm³/mol. The van der Waals surface area contributed by atoms with Crippen molar-refractivity contribution in [2.45, 2.75) is 13.0 Å². The third-order valence-corrected chi connectivity index (χ3v) is 6.46. The Bertz CT molecular complexity index is 1020. The van der Waals surface area contributed by atoms with Gasteiger partial charge in [-0.1, -0.05) is 23.7 Å². The molecule has 0 saturated heterocycles. The summed E-state index contributed by atoms with van der Waals surface area (Å²) in [6, 6.07) is 7.99. The number of rotatable bonds is 5. The highest BCUT2D eigenvalue weighted by molar-refractivity contribution is 7.24. The molecule has 0 aliphatic rings. The van der Waals surface area contributed by atoms with E-state index in [1.807, 2.05) is 6.07 Å². The van der Waals surface area contributed by atoms with Crippen molar-refractivity contribution in [3.63, 3.8) is 0 Å². The van der Waals surface area contributed by atoms with Gasteiger partial charge in [0, 0.05) is 7.05 Å². The molecule has 0 radical (unpaired) electrons. The Morgan fingerprint density at radius 1 is 1.26 bits per heavy atom. The van der Waals surface area contributed by atoms with E-state index >= 15 is 0 Å². The van der Waals surface area contributed by atoms with Crippen LogP contribution in [0.25, 0.3) is 9.88 Å². The van der Waals surface area contributed by atoms with Crippen LogP contribution in [0, 0.1) is 12.7 Å². The number of carbonyl (C=O) groups is 2. The van der Waals surface area contributed by atoms with Gasteiger partial charge in [0.2, 0.25) is 5.91 Å². The number of nitrogens with two attached hydrogens (primary N) is 1. The standard InChI is InChI=1S/C18H15ClFN3O2S2/c1-9-15(27-17(22-9)12-6-7-13(19)26-12)18(25)23(2)14(16(21)24)10-4-3-5-11(20)8-10/h3-8,14H,1-2H3,(H2,21,24). The number of carbonyl (C=O) groups excluding carboxylic acids is 2. The Hall–Kier alpha value is -2.29. The second-order valence-electron chi connectivity index (χ2n) is 5.81. The quantitative estimate of drug-likeness (QED) is 0.665. The fourth-order valence-corrected chi connectivity index (χ4v) is 4.81. The van der Waals surface area contributed by atoms with Crippen LogP contribution in [0.3, 0.4) is 0 Å². The average Bonchev–Trinajstić information content (AvgIpc) is 3.20. The molecule has 27 heavy (non-hydrogen) atoms. The van der Waals surface area contributed by atoms with Crippen molar-refractivity contribution >= 4 is 46.1 Å². The van der Waals surface area contributed by atoms with Gasteiger partial charge in [-0.25, -0.2) is 9.37 Å². The molecule has 0 spiro atoms. The van der Waals surface area contributed by atoms with Crippen molar-refractivity contribution in [1.29, 1.82) is 0 Å². The van der Waals surface area contributed by atoms with Crippen molar-refractivity contribution in [2.75, 3.05) is 7.05 Å². The number of aromatic nitrogens is 1. The van der Waals surface area contributed by atoms with E-state index in [9.17, 15) is 14.0 Å². The number of benzene rings is 1. The number of thiophene rings is 1. The molecule has 1 atom stereocenters. The molecule has 0 bridgehead atoms. The number of aryl methyl sites for hydroxylation is 1. The Morgan fingerprint density at radius 3 is 2.59 bits per heavy atom. The number of primary amides is 1. The van der Waals surface area contributed by atoms with E-state index in [-0.39, 0.29) is 0 Å². The van der Waals surface area contributed by atoms with E-state index in [1.54, 1.807) is 19.1 Å². The molecule has 1 unspecified atom stereocenters. The van der Waals surface area contributed by atoms with Gasteiger partial charge in [-0.15, -0.1) is 22.7 Å². The van der Waals surface area contributed by atoms with Crippen LogP contribution in [0.15, 0.2) is 36.4 Å². The summed E-state index contributed by atoms with van der Waals surface area (Å²) in [6.45, 7) is 1.72. The highest BCUT2D eigenvalue weighted by atomic mass is 35.5. The van der Waals surface area contributed by atoms with Gasteiger partial charge in [0.05, 0.1) is 14.9 Å². The summed E-state index contributed by atoms with van der Waals surface area (Å²) in [5.41, 5.74) is 6.34. The van der Waals surface area contributed by atoms with Crippen LogP contribution in [0.2, 0.25) is 4.34 Å². The second-order valence-corrected chi connectivity index (χ2v) is 8.53. The topological polar surface area (TPSA) is 76.3 Å². The molecule has 1 aromatic carbocycles. The van der Waals surface area contributed by atoms with Gasteiger partial charge in [0.1, 0.15) is 21.7 Å². The number of likely N-dealkylation sites (N-methyl/N-ethyl adjacent to an activating group) is 1. The summed E-state index contributed by atoms with van der Waals surface area (Å²) in [5, 5.41) is 0.669. The van der Waals surface area contributed by atoms with Crippen LogP contribution in [0.1, 0.15) is 27.0 Å². The minimum atomic E-state index is -1.09. The van der Waals surface area contributed by atoms with Gasteiger partial charge < -0.3 is 10.6 Å².